The summed E-state index contributed by atoms with van der Waals surface area (Å²) in [5.41, 5.74) is 7.28. The van der Waals surface area contributed by atoms with E-state index < -0.39 is 0 Å². The summed E-state index contributed by atoms with van der Waals surface area (Å²) in [5, 5.41) is 4.31. The first-order chi connectivity index (χ1) is 8.24. The summed E-state index contributed by atoms with van der Waals surface area (Å²) in [7, 11) is 1.75. The van der Waals surface area contributed by atoms with Crippen molar-refractivity contribution in [1.29, 1.82) is 0 Å². The second-order valence-corrected chi connectivity index (χ2v) is 5.08. The Balaban J connectivity index is 2.78. The van der Waals surface area contributed by atoms with Gasteiger partial charge in [-0.3, -0.25) is 4.90 Å². The molecule has 0 fully saturated rings. The highest BCUT2D eigenvalue weighted by molar-refractivity contribution is 7.07. The fraction of sp³-hybridized carbons (Fsp3) is 0.692. The van der Waals surface area contributed by atoms with E-state index in [1.165, 1.54) is 5.56 Å². The minimum atomic E-state index is 0.311. The molecule has 3 nitrogen and oxygen atoms in total. The van der Waals surface area contributed by atoms with Gasteiger partial charge in [0.15, 0.2) is 0 Å². The van der Waals surface area contributed by atoms with Gasteiger partial charge >= 0.3 is 0 Å². The molecule has 1 aromatic heterocycles. The smallest absolute Gasteiger partial charge is 0.0590 e. The van der Waals surface area contributed by atoms with Crippen LogP contribution in [0.4, 0.5) is 0 Å². The fourth-order valence-corrected chi connectivity index (χ4v) is 2.75. The molecular formula is C13H24N2OS. The first-order valence-corrected chi connectivity index (χ1v) is 7.15. The van der Waals surface area contributed by atoms with Crippen molar-refractivity contribution in [2.75, 3.05) is 26.8 Å². The maximum Gasteiger partial charge on any atom is 0.0590 e. The predicted molar refractivity (Wildman–Crippen MR) is 74.4 cm³/mol. The summed E-state index contributed by atoms with van der Waals surface area (Å²) >= 11 is 1.73. The third kappa shape index (κ3) is 4.07. The number of rotatable bonds is 8. The zero-order valence-electron chi connectivity index (χ0n) is 11.1. The van der Waals surface area contributed by atoms with Crippen LogP contribution >= 0.6 is 11.3 Å². The zero-order chi connectivity index (χ0) is 12.7. The van der Waals surface area contributed by atoms with Gasteiger partial charge in [0, 0.05) is 32.3 Å². The summed E-state index contributed by atoms with van der Waals surface area (Å²) < 4.78 is 5.20. The van der Waals surface area contributed by atoms with Crippen LogP contribution in [-0.4, -0.2) is 37.7 Å². The molecule has 0 bridgehead atoms. The summed E-state index contributed by atoms with van der Waals surface area (Å²) in [6.07, 6.45) is 1.13. The summed E-state index contributed by atoms with van der Waals surface area (Å²) in [5.74, 6) is 0. The Labute approximate surface area is 109 Å². The molecule has 1 heterocycles. The lowest BCUT2D eigenvalue weighted by molar-refractivity contribution is 0.0904. The number of hydrogen-bond donors (Lipinski definition) is 1. The summed E-state index contributed by atoms with van der Waals surface area (Å²) in [4.78, 5) is 2.45. The molecule has 2 N–H and O–H groups in total. The molecule has 4 heteroatoms. The molecule has 0 aromatic carbocycles. The van der Waals surface area contributed by atoms with Gasteiger partial charge in [0.05, 0.1) is 6.61 Å². The van der Waals surface area contributed by atoms with Gasteiger partial charge in [0.2, 0.25) is 0 Å². The largest absolute Gasteiger partial charge is 0.383 e. The molecule has 2 unspecified atom stereocenters. The molecular weight excluding hydrogens is 232 g/mol. The van der Waals surface area contributed by atoms with Crippen LogP contribution in [0.3, 0.4) is 0 Å². The number of methoxy groups -OCH3 is 1. The van der Waals surface area contributed by atoms with Gasteiger partial charge in [-0.2, -0.15) is 11.3 Å². The van der Waals surface area contributed by atoms with Gasteiger partial charge in [0.25, 0.3) is 0 Å². The lowest BCUT2D eigenvalue weighted by atomic mass is 10.1. The SMILES string of the molecule is CCC(C)N(CCOC)C(CN)c1ccsc1. The van der Waals surface area contributed by atoms with Crippen LogP contribution in [0.25, 0.3) is 0 Å². The van der Waals surface area contributed by atoms with Crippen LogP contribution < -0.4 is 5.73 Å². The van der Waals surface area contributed by atoms with Crippen LogP contribution in [0.5, 0.6) is 0 Å². The van der Waals surface area contributed by atoms with Gasteiger partial charge in [0.1, 0.15) is 0 Å². The van der Waals surface area contributed by atoms with Crippen molar-refractivity contribution in [1.82, 2.24) is 4.90 Å². The van der Waals surface area contributed by atoms with Gasteiger partial charge in [-0.25, -0.2) is 0 Å². The monoisotopic (exact) mass is 256 g/mol. The Morgan fingerprint density at radius 2 is 2.29 bits per heavy atom. The van der Waals surface area contributed by atoms with Crippen LogP contribution in [0.15, 0.2) is 16.8 Å². The summed E-state index contributed by atoms with van der Waals surface area (Å²) in [6.45, 7) is 6.81. The zero-order valence-corrected chi connectivity index (χ0v) is 11.9. The van der Waals surface area contributed by atoms with Crippen LogP contribution in [0, 0.1) is 0 Å². The van der Waals surface area contributed by atoms with E-state index in [-0.39, 0.29) is 0 Å². The van der Waals surface area contributed by atoms with E-state index >= 15 is 0 Å². The molecule has 0 saturated carbocycles. The van der Waals surface area contributed by atoms with Crippen molar-refractivity contribution in [3.63, 3.8) is 0 Å². The van der Waals surface area contributed by atoms with Gasteiger partial charge < -0.3 is 10.5 Å². The first-order valence-electron chi connectivity index (χ1n) is 6.21. The highest BCUT2D eigenvalue weighted by atomic mass is 32.1. The minimum Gasteiger partial charge on any atom is -0.383 e. The van der Waals surface area contributed by atoms with Gasteiger partial charge in [-0.05, 0) is 35.7 Å². The van der Waals surface area contributed by atoms with E-state index in [1.54, 1.807) is 18.4 Å². The van der Waals surface area contributed by atoms with Crippen molar-refractivity contribution in [3.8, 4) is 0 Å². The van der Waals surface area contributed by atoms with Crippen LogP contribution in [0.2, 0.25) is 0 Å². The van der Waals surface area contributed by atoms with Crippen molar-refractivity contribution >= 4 is 11.3 Å². The lowest BCUT2D eigenvalue weighted by Gasteiger charge is -2.35. The summed E-state index contributed by atoms with van der Waals surface area (Å²) in [6, 6.07) is 3.01. The molecule has 0 aliphatic rings. The number of ether oxygens (including phenoxy) is 1. The topological polar surface area (TPSA) is 38.5 Å². The Kier molecular flexibility index (Phi) is 6.73. The van der Waals surface area contributed by atoms with Crippen molar-refractivity contribution in [2.24, 2.45) is 5.73 Å². The number of nitrogens with zero attached hydrogens (tertiary/aromatic N) is 1. The molecule has 98 valence electrons. The van der Waals surface area contributed by atoms with E-state index in [2.05, 4.69) is 35.6 Å². The second kappa shape index (κ2) is 7.82. The standard InChI is InChI=1S/C13H24N2OS/c1-4-11(2)15(6-7-16-3)13(9-14)12-5-8-17-10-12/h5,8,10-11,13H,4,6-7,9,14H2,1-3H3. The third-order valence-corrected chi connectivity index (χ3v) is 3.96. The van der Waals surface area contributed by atoms with Crippen molar-refractivity contribution in [3.05, 3.63) is 22.4 Å². The molecule has 0 spiro atoms. The molecule has 0 aliphatic heterocycles. The van der Waals surface area contributed by atoms with Gasteiger partial charge in [-0.15, -0.1) is 0 Å². The number of hydrogen-bond acceptors (Lipinski definition) is 4. The molecule has 0 radical (unpaired) electrons. The second-order valence-electron chi connectivity index (χ2n) is 4.30. The van der Waals surface area contributed by atoms with E-state index in [0.717, 1.165) is 19.6 Å². The predicted octanol–water partition coefficient (Wildman–Crippen LogP) is 2.49. The Hall–Kier alpha value is -0.420. The first kappa shape index (κ1) is 14.6. The molecule has 17 heavy (non-hydrogen) atoms. The molecule has 1 rings (SSSR count). The third-order valence-electron chi connectivity index (χ3n) is 3.26. The quantitative estimate of drug-likeness (QED) is 0.776. The van der Waals surface area contributed by atoms with E-state index in [1.807, 2.05) is 0 Å². The number of nitrogens with two attached hydrogens (primary N) is 1. The van der Waals surface area contributed by atoms with Crippen LogP contribution in [-0.2, 0) is 4.74 Å². The highest BCUT2D eigenvalue weighted by Gasteiger charge is 2.22. The van der Waals surface area contributed by atoms with E-state index in [9.17, 15) is 0 Å². The molecule has 1 aromatic rings. The minimum absolute atomic E-state index is 0.311. The number of thiophene rings is 1. The Bertz CT molecular complexity index is 290. The van der Waals surface area contributed by atoms with Gasteiger partial charge in [-0.1, -0.05) is 6.92 Å². The van der Waals surface area contributed by atoms with Crippen LogP contribution in [0.1, 0.15) is 31.9 Å². The maximum atomic E-state index is 5.95. The van der Waals surface area contributed by atoms with E-state index in [4.69, 9.17) is 10.5 Å². The Morgan fingerprint density at radius 1 is 1.53 bits per heavy atom. The average molecular weight is 256 g/mol. The molecule has 0 amide bonds. The lowest BCUT2D eigenvalue weighted by Crippen LogP contribution is -2.41. The normalized spacial score (nSPS) is 15.1. The average Bonchev–Trinajstić information content (AvgIpc) is 2.87. The van der Waals surface area contributed by atoms with E-state index in [0.29, 0.717) is 18.6 Å². The molecule has 2 atom stereocenters. The van der Waals surface area contributed by atoms with Crippen molar-refractivity contribution in [2.45, 2.75) is 32.4 Å². The molecule has 0 saturated heterocycles. The van der Waals surface area contributed by atoms with Crippen molar-refractivity contribution < 1.29 is 4.74 Å². The highest BCUT2D eigenvalue weighted by Crippen LogP contribution is 2.24. The fourth-order valence-electron chi connectivity index (χ4n) is 2.04. The Morgan fingerprint density at radius 3 is 2.76 bits per heavy atom. The maximum absolute atomic E-state index is 5.95. The molecule has 0 aliphatic carbocycles.